The van der Waals surface area contributed by atoms with Crippen molar-refractivity contribution in [2.24, 2.45) is 10.4 Å². The summed E-state index contributed by atoms with van der Waals surface area (Å²) in [6, 6.07) is 16.0. The first-order valence-corrected chi connectivity index (χ1v) is 6.31. The van der Waals surface area contributed by atoms with Crippen LogP contribution in [0.5, 0.6) is 0 Å². The Morgan fingerprint density at radius 2 is 1.79 bits per heavy atom. The van der Waals surface area contributed by atoms with Crippen LogP contribution in [-0.4, -0.2) is 23.2 Å². The van der Waals surface area contributed by atoms with Crippen molar-refractivity contribution in [3.63, 3.8) is 0 Å². The van der Waals surface area contributed by atoms with Gasteiger partial charge in [0.1, 0.15) is 6.67 Å². The van der Waals surface area contributed by atoms with Crippen LogP contribution in [0.1, 0.15) is 5.69 Å². The maximum atomic E-state index is 4.30. The first-order valence-electron chi connectivity index (χ1n) is 6.31. The van der Waals surface area contributed by atoms with Crippen molar-refractivity contribution in [2.75, 3.05) is 18.2 Å². The zero-order chi connectivity index (χ0) is 12.9. The number of anilines is 1. The largest absolute Gasteiger partial charge is 0.261 e. The lowest BCUT2D eigenvalue weighted by atomic mass is 10.3. The number of pyridine rings is 1. The van der Waals surface area contributed by atoms with E-state index in [0.717, 1.165) is 24.3 Å². The summed E-state index contributed by atoms with van der Waals surface area (Å²) in [7, 11) is 0. The van der Waals surface area contributed by atoms with Gasteiger partial charge in [0.15, 0.2) is 0 Å². The summed E-state index contributed by atoms with van der Waals surface area (Å²) in [6.07, 6.45) is 2.69. The maximum absolute atomic E-state index is 4.30. The monoisotopic (exact) mass is 253 g/mol. The van der Waals surface area contributed by atoms with Crippen LogP contribution in [-0.2, 0) is 6.42 Å². The van der Waals surface area contributed by atoms with Crippen LogP contribution in [0.4, 0.5) is 5.69 Å². The number of rotatable bonds is 4. The van der Waals surface area contributed by atoms with Gasteiger partial charge in [-0.2, -0.15) is 0 Å². The number of benzene rings is 1. The molecule has 0 N–H and O–H groups in total. The third kappa shape index (κ3) is 2.88. The number of para-hydroxylation sites is 1. The van der Waals surface area contributed by atoms with E-state index in [1.54, 1.807) is 0 Å². The van der Waals surface area contributed by atoms with E-state index in [1.807, 2.05) is 64.7 Å². The van der Waals surface area contributed by atoms with Gasteiger partial charge in [0, 0.05) is 24.9 Å². The van der Waals surface area contributed by atoms with Gasteiger partial charge < -0.3 is 0 Å². The Morgan fingerprint density at radius 1 is 0.947 bits per heavy atom. The average Bonchev–Trinajstić information content (AvgIpc) is 2.96. The Hall–Kier alpha value is -2.43. The summed E-state index contributed by atoms with van der Waals surface area (Å²) in [5, 5.41) is 12.2. The highest BCUT2D eigenvalue weighted by Crippen LogP contribution is 2.18. The second-order valence-electron chi connectivity index (χ2n) is 4.36. The fourth-order valence-electron chi connectivity index (χ4n) is 1.95. The second-order valence-corrected chi connectivity index (χ2v) is 4.36. The smallest absolute Gasteiger partial charge is 0.132 e. The van der Waals surface area contributed by atoms with Gasteiger partial charge in [0.05, 0.1) is 5.69 Å². The normalized spacial score (nSPS) is 14.1. The van der Waals surface area contributed by atoms with Crippen molar-refractivity contribution in [3.05, 3.63) is 60.4 Å². The molecule has 0 bridgehead atoms. The highest BCUT2D eigenvalue weighted by molar-refractivity contribution is 5.44. The molecule has 2 heterocycles. The summed E-state index contributed by atoms with van der Waals surface area (Å²) in [6.45, 7) is 1.51. The van der Waals surface area contributed by atoms with Crippen LogP contribution in [0.3, 0.4) is 0 Å². The van der Waals surface area contributed by atoms with Crippen molar-refractivity contribution in [1.29, 1.82) is 0 Å². The van der Waals surface area contributed by atoms with E-state index in [1.165, 1.54) is 0 Å². The predicted octanol–water partition coefficient (Wildman–Crippen LogP) is 2.69. The molecule has 1 aliphatic rings. The number of aromatic nitrogens is 1. The van der Waals surface area contributed by atoms with Crippen molar-refractivity contribution >= 4 is 5.69 Å². The van der Waals surface area contributed by atoms with Gasteiger partial charge in [0.25, 0.3) is 0 Å². The molecule has 5 heteroatoms. The Kier molecular flexibility index (Phi) is 3.36. The van der Waals surface area contributed by atoms with Crippen LogP contribution in [0.2, 0.25) is 0 Å². The molecular formula is C14H15N5. The number of hydrogen-bond donors (Lipinski definition) is 0. The summed E-state index contributed by atoms with van der Waals surface area (Å²) in [5.74, 6) is 0. The highest BCUT2D eigenvalue weighted by atomic mass is 15.8. The lowest BCUT2D eigenvalue weighted by molar-refractivity contribution is 0.319. The molecule has 5 nitrogen and oxygen atoms in total. The molecule has 0 radical (unpaired) electrons. The lowest BCUT2D eigenvalue weighted by Gasteiger charge is -2.15. The van der Waals surface area contributed by atoms with Gasteiger partial charge in [-0.25, -0.2) is 5.01 Å². The molecule has 0 atom stereocenters. The Morgan fingerprint density at radius 3 is 2.58 bits per heavy atom. The molecule has 0 fully saturated rings. The zero-order valence-electron chi connectivity index (χ0n) is 10.6. The molecule has 1 aromatic carbocycles. The molecule has 0 aliphatic carbocycles. The number of nitrogens with zero attached hydrogens (tertiary/aromatic N) is 5. The molecule has 0 saturated heterocycles. The minimum atomic E-state index is 0.691. The predicted molar refractivity (Wildman–Crippen MR) is 73.3 cm³/mol. The third-order valence-corrected chi connectivity index (χ3v) is 2.98. The Labute approximate surface area is 112 Å². The fourth-order valence-corrected chi connectivity index (χ4v) is 1.95. The molecule has 96 valence electrons. The molecule has 2 aromatic rings. The van der Waals surface area contributed by atoms with Crippen LogP contribution in [0, 0.1) is 0 Å². The SMILES string of the molecule is c1ccc(N2CN(CCc3ccccn3)N=N2)cc1. The van der Waals surface area contributed by atoms with Crippen LogP contribution in [0.15, 0.2) is 65.2 Å². The zero-order valence-corrected chi connectivity index (χ0v) is 10.6. The lowest BCUT2D eigenvalue weighted by Crippen LogP contribution is -2.26. The number of hydrogen-bond acceptors (Lipinski definition) is 5. The minimum absolute atomic E-state index is 0.691. The molecule has 0 spiro atoms. The molecule has 19 heavy (non-hydrogen) atoms. The molecular weight excluding hydrogens is 238 g/mol. The summed E-state index contributed by atoms with van der Waals surface area (Å²) in [4.78, 5) is 4.30. The van der Waals surface area contributed by atoms with E-state index in [0.29, 0.717) is 6.67 Å². The Balaban J connectivity index is 1.54. The molecule has 0 saturated carbocycles. The van der Waals surface area contributed by atoms with Crippen LogP contribution in [0.25, 0.3) is 0 Å². The standard InChI is InChI=1S/C14H15N5/c1-2-7-14(8-3-1)19-12-18(16-17-19)11-9-13-6-4-5-10-15-13/h1-8,10H,9,11-12H2. The molecule has 3 rings (SSSR count). The fraction of sp³-hybridized carbons (Fsp3) is 0.214. The van der Waals surface area contributed by atoms with Crippen molar-refractivity contribution in [3.8, 4) is 0 Å². The van der Waals surface area contributed by atoms with Gasteiger partial charge in [-0.15, -0.1) is 0 Å². The topological polar surface area (TPSA) is 44.1 Å². The van der Waals surface area contributed by atoms with Crippen molar-refractivity contribution < 1.29 is 0 Å². The maximum Gasteiger partial charge on any atom is 0.132 e. The first-order chi connectivity index (χ1) is 9.42. The van der Waals surface area contributed by atoms with Crippen LogP contribution >= 0.6 is 0 Å². The quantitative estimate of drug-likeness (QED) is 0.841. The van der Waals surface area contributed by atoms with Gasteiger partial charge in [0.2, 0.25) is 0 Å². The van der Waals surface area contributed by atoms with E-state index in [-0.39, 0.29) is 0 Å². The third-order valence-electron chi connectivity index (χ3n) is 2.98. The van der Waals surface area contributed by atoms with Crippen molar-refractivity contribution in [1.82, 2.24) is 9.99 Å². The van der Waals surface area contributed by atoms with E-state index in [2.05, 4.69) is 15.4 Å². The average molecular weight is 253 g/mol. The molecule has 1 aliphatic heterocycles. The van der Waals surface area contributed by atoms with Crippen molar-refractivity contribution in [2.45, 2.75) is 6.42 Å². The summed E-state index contributed by atoms with van der Waals surface area (Å²) < 4.78 is 0. The first kappa shape index (κ1) is 11.6. The summed E-state index contributed by atoms with van der Waals surface area (Å²) >= 11 is 0. The van der Waals surface area contributed by atoms with Gasteiger partial charge in [-0.05, 0) is 29.5 Å². The Bertz CT molecular complexity index is 540. The van der Waals surface area contributed by atoms with E-state index >= 15 is 0 Å². The summed E-state index contributed by atoms with van der Waals surface area (Å²) in [5.41, 5.74) is 2.14. The minimum Gasteiger partial charge on any atom is -0.261 e. The van der Waals surface area contributed by atoms with E-state index in [4.69, 9.17) is 0 Å². The second kappa shape index (κ2) is 5.48. The van der Waals surface area contributed by atoms with E-state index in [9.17, 15) is 0 Å². The van der Waals surface area contributed by atoms with Gasteiger partial charge >= 0.3 is 0 Å². The van der Waals surface area contributed by atoms with Gasteiger partial charge in [-0.1, -0.05) is 29.5 Å². The molecule has 1 aromatic heterocycles. The van der Waals surface area contributed by atoms with Gasteiger partial charge in [-0.3, -0.25) is 9.99 Å². The van der Waals surface area contributed by atoms with Crippen LogP contribution < -0.4 is 5.01 Å². The van der Waals surface area contributed by atoms with E-state index < -0.39 is 0 Å². The molecule has 0 amide bonds. The highest BCUT2D eigenvalue weighted by Gasteiger charge is 2.16. The molecule has 0 unspecified atom stereocenters.